The Bertz CT molecular complexity index is 1480. The maximum absolute atomic E-state index is 14.1. The summed E-state index contributed by atoms with van der Waals surface area (Å²) in [5.41, 5.74) is -4.09. The fraction of sp³-hybridized carbons (Fsp3) is 0.778. The number of aliphatic hydroxyl groups excluding tert-OH is 1. The van der Waals surface area contributed by atoms with Gasteiger partial charge >= 0.3 is 11.9 Å². The highest BCUT2D eigenvalue weighted by molar-refractivity contribution is 5.90. The maximum Gasteiger partial charge on any atom is 0.338 e. The summed E-state index contributed by atoms with van der Waals surface area (Å²) >= 11 is 0. The molecule has 1 heterocycles. The van der Waals surface area contributed by atoms with Crippen LogP contribution in [0.5, 0.6) is 11.5 Å². The molecule has 13 nitrogen and oxygen atoms in total. The summed E-state index contributed by atoms with van der Waals surface area (Å²) in [5, 5.41) is 24.9. The van der Waals surface area contributed by atoms with E-state index in [1.807, 2.05) is 0 Å². The number of piperidine rings is 1. The molecule has 1 aromatic rings. The first-order valence-corrected chi connectivity index (χ1v) is 17.3. The molecule has 1 spiro atoms. The van der Waals surface area contributed by atoms with E-state index in [0.717, 1.165) is 0 Å². The van der Waals surface area contributed by atoms with Gasteiger partial charge in [-0.3, -0.25) is 9.69 Å². The molecule has 0 aromatic heterocycles. The highest BCUT2D eigenvalue weighted by Gasteiger charge is 2.90. The number of carbonyl (C=O) groups is 2. The van der Waals surface area contributed by atoms with Crippen LogP contribution < -0.4 is 9.47 Å². The SMILES string of the molecule is CCN1C[C@]2(COC)[C@H](O)C[C@H](OC)[C@]34C1[C@@H]([C@H](OC)[C@H]23)[C@@]1(OC(C)=O)C[C@H](OC)[C@@]2(O)C[C@@H]4[C@@H]1[C@H]2OC(=O)c1ccc(OC)c(OC)c1. The molecule has 272 valence electrons. The van der Waals surface area contributed by atoms with Gasteiger partial charge in [-0.05, 0) is 37.1 Å². The minimum absolute atomic E-state index is 0.185. The van der Waals surface area contributed by atoms with Gasteiger partial charge in [0.1, 0.15) is 17.3 Å². The van der Waals surface area contributed by atoms with E-state index in [1.165, 1.54) is 28.3 Å². The van der Waals surface area contributed by atoms with Crippen LogP contribution in [0.15, 0.2) is 18.2 Å². The molecule has 7 bridgehead atoms. The molecular formula is C36H51NO12. The van der Waals surface area contributed by atoms with Gasteiger partial charge in [-0.25, -0.2) is 4.79 Å². The Labute approximate surface area is 287 Å². The largest absolute Gasteiger partial charge is 0.493 e. The van der Waals surface area contributed by atoms with Crippen LogP contribution in [0.3, 0.4) is 0 Å². The molecule has 6 fully saturated rings. The number of aliphatic hydroxyl groups is 2. The maximum atomic E-state index is 14.1. The van der Waals surface area contributed by atoms with Crippen LogP contribution in [-0.2, 0) is 33.2 Å². The molecule has 1 aliphatic heterocycles. The molecule has 13 heteroatoms. The van der Waals surface area contributed by atoms with Gasteiger partial charge in [0.25, 0.3) is 0 Å². The van der Waals surface area contributed by atoms with Crippen molar-refractivity contribution in [1.29, 1.82) is 0 Å². The van der Waals surface area contributed by atoms with Crippen molar-refractivity contribution in [2.75, 3.05) is 62.4 Å². The topological polar surface area (TPSA) is 152 Å². The summed E-state index contributed by atoms with van der Waals surface area (Å²) < 4.78 is 48.9. The lowest BCUT2D eigenvalue weighted by atomic mass is 9.42. The zero-order valence-corrected chi connectivity index (χ0v) is 29.7. The summed E-state index contributed by atoms with van der Waals surface area (Å²) in [7, 11) is 9.53. The molecule has 49 heavy (non-hydrogen) atoms. The quantitative estimate of drug-likeness (QED) is 0.325. The average Bonchev–Trinajstić information content (AvgIpc) is 3.46. The monoisotopic (exact) mass is 689 g/mol. The van der Waals surface area contributed by atoms with Gasteiger partial charge in [0.2, 0.25) is 0 Å². The zero-order valence-electron chi connectivity index (χ0n) is 29.7. The minimum Gasteiger partial charge on any atom is -0.493 e. The molecule has 2 N–H and O–H groups in total. The molecule has 5 saturated carbocycles. The number of carbonyl (C=O) groups excluding carboxylic acids is 2. The van der Waals surface area contributed by atoms with E-state index in [1.54, 1.807) is 39.5 Å². The van der Waals surface area contributed by atoms with Crippen molar-refractivity contribution >= 4 is 11.9 Å². The van der Waals surface area contributed by atoms with E-state index in [4.69, 9.17) is 37.9 Å². The van der Waals surface area contributed by atoms with Crippen molar-refractivity contribution in [3.63, 3.8) is 0 Å². The number of methoxy groups -OCH3 is 6. The van der Waals surface area contributed by atoms with Crippen LogP contribution in [0.4, 0.5) is 0 Å². The van der Waals surface area contributed by atoms with Crippen molar-refractivity contribution in [3.05, 3.63) is 23.8 Å². The highest BCUT2D eigenvalue weighted by atomic mass is 16.6. The van der Waals surface area contributed by atoms with Crippen molar-refractivity contribution in [3.8, 4) is 11.5 Å². The molecule has 0 radical (unpaired) electrons. The van der Waals surface area contributed by atoms with E-state index in [2.05, 4.69) is 11.8 Å². The third kappa shape index (κ3) is 4.24. The Kier molecular flexibility index (Phi) is 8.57. The number of likely N-dealkylation sites (tertiary alicyclic amines) is 1. The Morgan fingerprint density at radius 3 is 2.27 bits per heavy atom. The number of nitrogens with zero attached hydrogens (tertiary/aromatic N) is 1. The van der Waals surface area contributed by atoms with E-state index in [9.17, 15) is 19.8 Å². The second-order valence-electron chi connectivity index (χ2n) is 15.1. The summed E-state index contributed by atoms with van der Waals surface area (Å²) in [6.07, 6.45) is -2.89. The Balaban J connectivity index is 1.46. The molecule has 0 amide bonds. The number of benzene rings is 1. The number of rotatable bonds is 11. The Morgan fingerprint density at radius 1 is 0.959 bits per heavy atom. The van der Waals surface area contributed by atoms with Crippen molar-refractivity contribution < 1.29 is 57.7 Å². The lowest BCUT2D eigenvalue weighted by Crippen LogP contribution is -2.79. The van der Waals surface area contributed by atoms with Crippen molar-refractivity contribution in [1.82, 2.24) is 4.90 Å². The molecular weight excluding hydrogens is 638 g/mol. The molecule has 7 rings (SSSR count). The summed E-state index contributed by atoms with van der Waals surface area (Å²) in [5.74, 6) is -2.07. The fourth-order valence-corrected chi connectivity index (χ4v) is 12.6. The summed E-state index contributed by atoms with van der Waals surface area (Å²) in [6, 6.07) is 4.56. The first kappa shape index (κ1) is 34.9. The number of hydrogen-bond donors (Lipinski definition) is 2. The third-order valence-corrected chi connectivity index (χ3v) is 13.7. The second-order valence-corrected chi connectivity index (χ2v) is 15.1. The van der Waals surface area contributed by atoms with Gasteiger partial charge in [0, 0.05) is 89.4 Å². The van der Waals surface area contributed by atoms with Crippen molar-refractivity contribution in [2.24, 2.45) is 34.5 Å². The van der Waals surface area contributed by atoms with Crippen LogP contribution >= 0.6 is 0 Å². The summed E-state index contributed by atoms with van der Waals surface area (Å²) in [6.45, 7) is 4.99. The van der Waals surface area contributed by atoms with Crippen molar-refractivity contribution in [2.45, 2.75) is 80.9 Å². The van der Waals surface area contributed by atoms with E-state index < -0.39 is 76.3 Å². The first-order chi connectivity index (χ1) is 23.4. The van der Waals surface area contributed by atoms with Gasteiger partial charge in [-0.2, -0.15) is 0 Å². The van der Waals surface area contributed by atoms with E-state index >= 15 is 0 Å². The van der Waals surface area contributed by atoms with Crippen LogP contribution in [-0.4, -0.2) is 137 Å². The third-order valence-electron chi connectivity index (χ3n) is 13.7. The van der Waals surface area contributed by atoms with Gasteiger partial charge < -0.3 is 48.1 Å². The van der Waals surface area contributed by atoms with Gasteiger partial charge in [-0.15, -0.1) is 0 Å². The Hall–Kier alpha value is -2.52. The normalized spacial score (nSPS) is 45.9. The van der Waals surface area contributed by atoms with Gasteiger partial charge in [0.15, 0.2) is 11.5 Å². The van der Waals surface area contributed by atoms with Crippen LogP contribution in [0.1, 0.15) is 43.5 Å². The molecule has 14 atom stereocenters. The van der Waals surface area contributed by atoms with E-state index in [0.29, 0.717) is 31.0 Å². The number of esters is 2. The lowest BCUT2D eigenvalue weighted by Gasteiger charge is -2.70. The zero-order chi connectivity index (χ0) is 35.3. The highest BCUT2D eigenvalue weighted by Crippen LogP contribution is 2.80. The molecule has 1 unspecified atom stereocenters. The predicted octanol–water partition coefficient (Wildman–Crippen LogP) is 1.69. The summed E-state index contributed by atoms with van der Waals surface area (Å²) in [4.78, 5) is 29.8. The smallest absolute Gasteiger partial charge is 0.338 e. The average molecular weight is 690 g/mol. The van der Waals surface area contributed by atoms with Crippen LogP contribution in [0.25, 0.3) is 0 Å². The predicted molar refractivity (Wildman–Crippen MR) is 172 cm³/mol. The second kappa shape index (κ2) is 12.0. The molecule has 1 saturated heterocycles. The standard InChI is InChI=1S/C36H51NO12/c1-9-37-16-33(17-42-3)23(39)13-24(45-6)36-20-14-34(41)25(46-7)15-35(49-18(2)38,27(30(36)37)28(47-8)29(33)36)26(20)31(34)48-32(40)19-10-11-21(43-4)22(12-19)44-5/h10-12,20,23-31,39,41H,9,13-17H2,1-8H3/t20-,23-,24+,25+,26-,27-,28+,29-,30?,31-,33+,34+,35-,36+/m1/s1. The first-order valence-electron chi connectivity index (χ1n) is 17.3. The van der Waals surface area contributed by atoms with Gasteiger partial charge in [0.05, 0.1) is 50.8 Å². The number of ether oxygens (including phenoxy) is 8. The molecule has 5 aliphatic carbocycles. The van der Waals surface area contributed by atoms with Gasteiger partial charge in [-0.1, -0.05) is 6.92 Å². The lowest BCUT2D eigenvalue weighted by molar-refractivity contribution is -0.300. The molecule has 6 aliphatic rings. The molecule has 1 aromatic carbocycles. The van der Waals surface area contributed by atoms with Crippen LogP contribution in [0.2, 0.25) is 0 Å². The fourth-order valence-electron chi connectivity index (χ4n) is 12.6. The number of hydrogen-bond acceptors (Lipinski definition) is 13. The minimum atomic E-state index is -1.62. The number of fused-ring (bicyclic) bond motifs is 2. The van der Waals surface area contributed by atoms with Crippen LogP contribution in [0, 0.1) is 34.5 Å². The Morgan fingerprint density at radius 2 is 1.67 bits per heavy atom. The van der Waals surface area contributed by atoms with E-state index in [-0.39, 0.29) is 42.9 Å².